The third-order valence-corrected chi connectivity index (χ3v) is 2.12. The molecule has 0 aliphatic heterocycles. The second-order valence-corrected chi connectivity index (χ2v) is 3.40. The van der Waals surface area contributed by atoms with E-state index in [1.807, 2.05) is 18.3 Å². The molecule has 0 aliphatic carbocycles. The molecule has 0 saturated heterocycles. The molecule has 2 N–H and O–H groups in total. The van der Waals surface area contributed by atoms with Gasteiger partial charge in [-0.3, -0.25) is 4.40 Å². The van der Waals surface area contributed by atoms with Crippen LogP contribution >= 0.6 is 0 Å². The molecule has 0 spiro atoms. The maximum atomic E-state index is 5.63. The van der Waals surface area contributed by atoms with Crippen molar-refractivity contribution in [1.29, 1.82) is 0 Å². The Morgan fingerprint density at radius 1 is 1.31 bits per heavy atom. The molecule has 0 radical (unpaired) electrons. The molecule has 0 unspecified atom stereocenters. The maximum absolute atomic E-state index is 5.63. The van der Waals surface area contributed by atoms with Gasteiger partial charge in [0.15, 0.2) is 5.65 Å². The van der Waals surface area contributed by atoms with Gasteiger partial charge in [0.05, 0.1) is 0 Å². The van der Waals surface area contributed by atoms with Crippen molar-refractivity contribution in [1.82, 2.24) is 14.6 Å². The van der Waals surface area contributed by atoms with Crippen molar-refractivity contribution < 1.29 is 0 Å². The molecular weight excluding hydrogens is 164 g/mol. The van der Waals surface area contributed by atoms with Crippen molar-refractivity contribution in [3.05, 3.63) is 23.9 Å². The molecule has 2 rings (SSSR count). The van der Waals surface area contributed by atoms with Gasteiger partial charge in [0, 0.05) is 6.20 Å². The van der Waals surface area contributed by atoms with E-state index in [1.165, 1.54) is 5.56 Å². The SMILES string of the molecule is CC(C)c1ccc2nnc(N)n2c1. The molecule has 4 nitrogen and oxygen atoms in total. The fraction of sp³-hybridized carbons (Fsp3) is 0.333. The van der Waals surface area contributed by atoms with Crippen molar-refractivity contribution in [3.63, 3.8) is 0 Å². The normalized spacial score (nSPS) is 11.3. The molecule has 0 atom stereocenters. The average molecular weight is 176 g/mol. The molecular formula is C9H12N4. The van der Waals surface area contributed by atoms with Crippen LogP contribution in [0, 0.1) is 0 Å². The summed E-state index contributed by atoms with van der Waals surface area (Å²) in [6.45, 7) is 4.28. The highest BCUT2D eigenvalue weighted by molar-refractivity contribution is 5.44. The molecule has 0 fully saturated rings. The number of anilines is 1. The summed E-state index contributed by atoms with van der Waals surface area (Å²) in [4.78, 5) is 0. The fourth-order valence-corrected chi connectivity index (χ4v) is 1.27. The van der Waals surface area contributed by atoms with E-state index < -0.39 is 0 Å². The molecule has 0 aliphatic rings. The number of nitrogens with zero attached hydrogens (tertiary/aromatic N) is 3. The molecule has 13 heavy (non-hydrogen) atoms. The Labute approximate surface area is 76.4 Å². The van der Waals surface area contributed by atoms with E-state index in [0.29, 0.717) is 11.9 Å². The van der Waals surface area contributed by atoms with Crippen LogP contribution in [-0.4, -0.2) is 14.6 Å². The zero-order valence-corrected chi connectivity index (χ0v) is 7.73. The van der Waals surface area contributed by atoms with Crippen LogP contribution in [0.5, 0.6) is 0 Å². The fourth-order valence-electron chi connectivity index (χ4n) is 1.27. The molecule has 0 amide bonds. The van der Waals surface area contributed by atoms with Crippen LogP contribution in [0.2, 0.25) is 0 Å². The highest BCUT2D eigenvalue weighted by Gasteiger charge is 2.04. The number of hydrogen-bond acceptors (Lipinski definition) is 3. The average Bonchev–Trinajstić information content (AvgIpc) is 2.47. The van der Waals surface area contributed by atoms with Crippen LogP contribution in [0.4, 0.5) is 5.95 Å². The van der Waals surface area contributed by atoms with Gasteiger partial charge in [-0.15, -0.1) is 10.2 Å². The van der Waals surface area contributed by atoms with Crippen molar-refractivity contribution >= 4 is 11.6 Å². The van der Waals surface area contributed by atoms with E-state index in [9.17, 15) is 0 Å². The van der Waals surface area contributed by atoms with E-state index in [4.69, 9.17) is 5.73 Å². The van der Waals surface area contributed by atoms with Crippen LogP contribution in [-0.2, 0) is 0 Å². The Hall–Kier alpha value is -1.58. The Morgan fingerprint density at radius 3 is 2.77 bits per heavy atom. The number of pyridine rings is 1. The number of nitrogen functional groups attached to an aromatic ring is 1. The second kappa shape index (κ2) is 2.73. The molecule has 0 bridgehead atoms. The van der Waals surface area contributed by atoms with Gasteiger partial charge in [-0.1, -0.05) is 19.9 Å². The lowest BCUT2D eigenvalue weighted by atomic mass is 10.1. The van der Waals surface area contributed by atoms with Gasteiger partial charge < -0.3 is 5.73 Å². The van der Waals surface area contributed by atoms with Gasteiger partial charge in [-0.2, -0.15) is 0 Å². The van der Waals surface area contributed by atoms with E-state index >= 15 is 0 Å². The van der Waals surface area contributed by atoms with Gasteiger partial charge in [0.1, 0.15) is 0 Å². The Balaban J connectivity index is 2.66. The second-order valence-electron chi connectivity index (χ2n) is 3.40. The standard InChI is InChI=1S/C9H12N4/c1-6(2)7-3-4-8-11-12-9(10)13(8)5-7/h3-6H,1-2H3,(H2,10,12). The first-order valence-corrected chi connectivity index (χ1v) is 4.28. The summed E-state index contributed by atoms with van der Waals surface area (Å²) in [6.07, 6.45) is 1.98. The number of aromatic nitrogens is 3. The molecule has 0 aromatic carbocycles. The lowest BCUT2D eigenvalue weighted by molar-refractivity contribution is 0.854. The van der Waals surface area contributed by atoms with Gasteiger partial charge >= 0.3 is 0 Å². The highest BCUT2D eigenvalue weighted by Crippen LogP contribution is 2.15. The zero-order chi connectivity index (χ0) is 9.42. The quantitative estimate of drug-likeness (QED) is 0.715. The summed E-state index contributed by atoms with van der Waals surface area (Å²) in [5, 5.41) is 7.69. The molecule has 2 aromatic rings. The summed E-state index contributed by atoms with van der Waals surface area (Å²) in [5.41, 5.74) is 7.66. The lowest BCUT2D eigenvalue weighted by Gasteiger charge is -2.04. The number of fused-ring (bicyclic) bond motifs is 1. The monoisotopic (exact) mass is 176 g/mol. The summed E-state index contributed by atoms with van der Waals surface area (Å²) >= 11 is 0. The van der Waals surface area contributed by atoms with E-state index in [0.717, 1.165) is 5.65 Å². The van der Waals surface area contributed by atoms with Crippen molar-refractivity contribution in [2.24, 2.45) is 0 Å². The van der Waals surface area contributed by atoms with E-state index in [-0.39, 0.29) is 0 Å². The first kappa shape index (κ1) is 8.04. The topological polar surface area (TPSA) is 56.2 Å². The number of rotatable bonds is 1. The van der Waals surface area contributed by atoms with Gasteiger partial charge in [0.2, 0.25) is 5.95 Å². The smallest absolute Gasteiger partial charge is 0.226 e. The largest absolute Gasteiger partial charge is 0.368 e. The van der Waals surface area contributed by atoms with E-state index in [2.05, 4.69) is 24.0 Å². The molecule has 4 heteroatoms. The number of hydrogen-bond donors (Lipinski definition) is 1. The molecule has 0 saturated carbocycles. The van der Waals surface area contributed by atoms with Crippen LogP contribution in [0.1, 0.15) is 25.3 Å². The predicted molar refractivity (Wildman–Crippen MR) is 51.5 cm³/mol. The minimum atomic E-state index is 0.442. The Bertz CT molecular complexity index is 430. The molecule has 68 valence electrons. The number of nitrogens with two attached hydrogens (primary N) is 1. The van der Waals surface area contributed by atoms with Crippen molar-refractivity contribution in [2.45, 2.75) is 19.8 Å². The van der Waals surface area contributed by atoms with Crippen LogP contribution in [0.15, 0.2) is 18.3 Å². The summed E-state index contributed by atoms with van der Waals surface area (Å²) in [7, 11) is 0. The summed E-state index contributed by atoms with van der Waals surface area (Å²) in [6, 6.07) is 3.98. The zero-order valence-electron chi connectivity index (χ0n) is 7.73. The predicted octanol–water partition coefficient (Wildman–Crippen LogP) is 1.43. The molecule has 2 aromatic heterocycles. The van der Waals surface area contributed by atoms with Gasteiger partial charge in [0.25, 0.3) is 0 Å². The van der Waals surface area contributed by atoms with Crippen molar-refractivity contribution in [2.75, 3.05) is 5.73 Å². The highest BCUT2D eigenvalue weighted by atomic mass is 15.3. The third-order valence-electron chi connectivity index (χ3n) is 2.12. The third kappa shape index (κ3) is 1.24. The minimum absolute atomic E-state index is 0.442. The Kier molecular flexibility index (Phi) is 1.69. The maximum Gasteiger partial charge on any atom is 0.226 e. The summed E-state index contributed by atoms with van der Waals surface area (Å²) in [5.74, 6) is 0.934. The van der Waals surface area contributed by atoms with E-state index in [1.54, 1.807) is 4.40 Å². The minimum Gasteiger partial charge on any atom is -0.368 e. The van der Waals surface area contributed by atoms with Crippen LogP contribution in [0.25, 0.3) is 5.65 Å². The summed E-state index contributed by atoms with van der Waals surface area (Å²) < 4.78 is 1.80. The van der Waals surface area contributed by atoms with Gasteiger partial charge in [-0.25, -0.2) is 0 Å². The molecule has 2 heterocycles. The first-order valence-electron chi connectivity index (χ1n) is 4.28. The van der Waals surface area contributed by atoms with Crippen LogP contribution in [0.3, 0.4) is 0 Å². The lowest BCUT2D eigenvalue weighted by Crippen LogP contribution is -1.96. The van der Waals surface area contributed by atoms with Gasteiger partial charge in [-0.05, 0) is 17.5 Å². The Morgan fingerprint density at radius 2 is 2.08 bits per heavy atom. The first-order chi connectivity index (χ1) is 6.18. The van der Waals surface area contributed by atoms with Crippen LogP contribution < -0.4 is 5.73 Å². The van der Waals surface area contributed by atoms with Crippen molar-refractivity contribution in [3.8, 4) is 0 Å².